The highest BCUT2D eigenvalue weighted by atomic mass is 32.2. The fraction of sp³-hybridized carbons (Fsp3) is 0. The molecule has 0 radical (unpaired) electrons. The van der Waals surface area contributed by atoms with E-state index in [4.69, 9.17) is 4.42 Å². The molecule has 0 fully saturated rings. The van der Waals surface area contributed by atoms with Crippen LogP contribution in [-0.4, -0.2) is 8.42 Å². The zero-order valence-electron chi connectivity index (χ0n) is 13.3. The Morgan fingerprint density at radius 3 is 2.50 bits per heavy atom. The number of hydrogen-bond acceptors (Lipinski definition) is 4. The number of rotatable bonds is 3. The molecule has 0 saturated heterocycles. The number of anilines is 1. The maximum Gasteiger partial charge on any atom is 0.336 e. The second-order valence-electron chi connectivity index (χ2n) is 5.71. The third-order valence-electron chi connectivity index (χ3n) is 3.99. The van der Waals surface area contributed by atoms with Crippen LogP contribution in [0.2, 0.25) is 0 Å². The summed E-state index contributed by atoms with van der Waals surface area (Å²) in [5, 5.41) is 1.39. The van der Waals surface area contributed by atoms with E-state index in [1.54, 1.807) is 24.3 Å². The molecular weight excluding hydrogens is 357 g/mol. The number of nitrogens with one attached hydrogen (secondary N) is 1. The molecule has 0 atom stereocenters. The van der Waals surface area contributed by atoms with Gasteiger partial charge in [0, 0.05) is 22.5 Å². The van der Waals surface area contributed by atoms with Gasteiger partial charge in [-0.1, -0.05) is 30.3 Å². The van der Waals surface area contributed by atoms with Crippen molar-refractivity contribution in [2.24, 2.45) is 0 Å². The van der Waals surface area contributed by atoms with Gasteiger partial charge in [0.05, 0.1) is 0 Å². The summed E-state index contributed by atoms with van der Waals surface area (Å²) in [4.78, 5) is 10.8. The maximum absolute atomic E-state index is 14.7. The van der Waals surface area contributed by atoms with Gasteiger partial charge in [-0.3, -0.25) is 4.72 Å². The van der Waals surface area contributed by atoms with Crippen molar-refractivity contribution in [1.82, 2.24) is 0 Å². The van der Waals surface area contributed by atoms with E-state index in [9.17, 15) is 17.6 Å². The Balaban J connectivity index is 1.77. The van der Waals surface area contributed by atoms with Crippen molar-refractivity contribution in [3.8, 4) is 0 Å². The van der Waals surface area contributed by atoms with Crippen LogP contribution in [0.1, 0.15) is 0 Å². The summed E-state index contributed by atoms with van der Waals surface area (Å²) >= 11 is 0. The lowest BCUT2D eigenvalue weighted by atomic mass is 10.1. The number of halogens is 1. The minimum atomic E-state index is -4.13. The topological polar surface area (TPSA) is 76.4 Å². The van der Waals surface area contributed by atoms with Gasteiger partial charge in [0.1, 0.15) is 10.5 Å². The number of hydrogen-bond donors (Lipinski definition) is 1. The minimum absolute atomic E-state index is 0.232. The molecule has 5 nitrogen and oxygen atoms in total. The van der Waals surface area contributed by atoms with Crippen LogP contribution in [0, 0.1) is 5.82 Å². The van der Waals surface area contributed by atoms with Crippen molar-refractivity contribution in [2.45, 2.75) is 4.90 Å². The zero-order valence-corrected chi connectivity index (χ0v) is 14.1. The molecule has 0 amide bonds. The van der Waals surface area contributed by atoms with Gasteiger partial charge in [-0.25, -0.2) is 17.6 Å². The Hall–Kier alpha value is -3.19. The second-order valence-corrected chi connectivity index (χ2v) is 7.36. The molecule has 0 aliphatic carbocycles. The molecule has 0 saturated carbocycles. The zero-order chi connectivity index (χ0) is 18.3. The summed E-state index contributed by atoms with van der Waals surface area (Å²) in [5.74, 6) is -0.803. The summed E-state index contributed by atoms with van der Waals surface area (Å²) in [6.45, 7) is 0. The lowest BCUT2D eigenvalue weighted by molar-refractivity contribution is 0.561. The van der Waals surface area contributed by atoms with Gasteiger partial charge in [-0.15, -0.1) is 0 Å². The quantitative estimate of drug-likeness (QED) is 0.556. The Kier molecular flexibility index (Phi) is 3.73. The molecule has 0 aliphatic heterocycles. The fourth-order valence-electron chi connectivity index (χ4n) is 2.77. The summed E-state index contributed by atoms with van der Waals surface area (Å²) in [5.41, 5.74) is 0.0697. The van der Waals surface area contributed by atoms with Gasteiger partial charge < -0.3 is 4.42 Å². The van der Waals surface area contributed by atoms with Crippen LogP contribution in [0.3, 0.4) is 0 Å². The van der Waals surface area contributed by atoms with Crippen LogP contribution in [0.5, 0.6) is 0 Å². The van der Waals surface area contributed by atoms with Gasteiger partial charge in [0.2, 0.25) is 0 Å². The molecule has 1 N–H and O–H groups in total. The Morgan fingerprint density at radius 2 is 1.65 bits per heavy atom. The average Bonchev–Trinajstić information content (AvgIpc) is 2.62. The van der Waals surface area contributed by atoms with E-state index in [0.29, 0.717) is 16.4 Å². The Bertz CT molecular complexity index is 1310. The van der Waals surface area contributed by atoms with E-state index in [0.717, 1.165) is 0 Å². The van der Waals surface area contributed by atoms with Crippen LogP contribution in [0.25, 0.3) is 21.7 Å². The molecule has 1 aromatic heterocycles. The maximum atomic E-state index is 14.7. The number of benzene rings is 3. The molecule has 3 aromatic carbocycles. The Morgan fingerprint density at radius 1 is 0.885 bits per heavy atom. The van der Waals surface area contributed by atoms with E-state index in [1.165, 1.54) is 42.5 Å². The third-order valence-corrected chi connectivity index (χ3v) is 5.39. The molecule has 7 heteroatoms. The van der Waals surface area contributed by atoms with Crippen molar-refractivity contribution in [2.75, 3.05) is 4.72 Å². The highest BCUT2D eigenvalue weighted by Crippen LogP contribution is 2.26. The van der Waals surface area contributed by atoms with E-state index in [1.807, 2.05) is 0 Å². The summed E-state index contributed by atoms with van der Waals surface area (Å²) in [7, 11) is -4.13. The molecule has 0 bridgehead atoms. The lowest BCUT2D eigenvalue weighted by Crippen LogP contribution is -2.14. The molecule has 1 heterocycles. The molecule has 0 spiro atoms. The predicted molar refractivity (Wildman–Crippen MR) is 97.2 cm³/mol. The van der Waals surface area contributed by atoms with Crippen LogP contribution >= 0.6 is 0 Å². The minimum Gasteiger partial charge on any atom is -0.423 e. The standard InChI is InChI=1S/C19H12FNO4S/c20-19-15-4-2-1-3-12(15)5-9-17(19)26(23,24)21-14-7-8-16-13(11-14)6-10-18(22)25-16/h1-11,21H. The van der Waals surface area contributed by atoms with Gasteiger partial charge in [-0.2, -0.15) is 0 Å². The van der Waals surface area contributed by atoms with E-state index >= 15 is 0 Å². The van der Waals surface area contributed by atoms with Crippen molar-refractivity contribution in [3.63, 3.8) is 0 Å². The van der Waals surface area contributed by atoms with Gasteiger partial charge >= 0.3 is 5.63 Å². The third kappa shape index (κ3) is 2.82. The van der Waals surface area contributed by atoms with Gasteiger partial charge in [-0.05, 0) is 35.7 Å². The number of fused-ring (bicyclic) bond motifs is 2. The monoisotopic (exact) mass is 369 g/mol. The molecule has 4 rings (SSSR count). The first-order chi connectivity index (χ1) is 12.4. The van der Waals surface area contributed by atoms with Gasteiger partial charge in [0.15, 0.2) is 5.82 Å². The molecule has 130 valence electrons. The smallest absolute Gasteiger partial charge is 0.336 e. The van der Waals surface area contributed by atoms with Crippen LogP contribution in [-0.2, 0) is 10.0 Å². The van der Waals surface area contributed by atoms with Crippen molar-refractivity contribution < 1.29 is 17.2 Å². The van der Waals surface area contributed by atoms with Crippen molar-refractivity contribution in [1.29, 1.82) is 0 Å². The molecule has 26 heavy (non-hydrogen) atoms. The van der Waals surface area contributed by atoms with E-state index in [2.05, 4.69) is 4.72 Å². The lowest BCUT2D eigenvalue weighted by Gasteiger charge is -2.11. The summed E-state index contributed by atoms with van der Waals surface area (Å²) < 4.78 is 47.3. The van der Waals surface area contributed by atoms with Crippen molar-refractivity contribution in [3.05, 3.63) is 83.0 Å². The van der Waals surface area contributed by atoms with Crippen LogP contribution < -0.4 is 10.3 Å². The molecular formula is C19H12FNO4S. The largest absolute Gasteiger partial charge is 0.423 e. The fourth-order valence-corrected chi connectivity index (χ4v) is 3.91. The normalized spacial score (nSPS) is 11.7. The molecule has 4 aromatic rings. The predicted octanol–water partition coefficient (Wildman–Crippen LogP) is 3.89. The number of sulfonamides is 1. The Labute approximate surface area is 147 Å². The average molecular weight is 369 g/mol. The second kappa shape index (κ2) is 5.96. The first-order valence-corrected chi connectivity index (χ1v) is 9.16. The highest BCUT2D eigenvalue weighted by molar-refractivity contribution is 7.92. The van der Waals surface area contributed by atoms with E-state index < -0.39 is 26.4 Å². The first-order valence-electron chi connectivity index (χ1n) is 7.68. The van der Waals surface area contributed by atoms with Crippen molar-refractivity contribution >= 4 is 37.5 Å². The van der Waals surface area contributed by atoms with Gasteiger partial charge in [0.25, 0.3) is 10.0 Å². The molecule has 0 unspecified atom stereocenters. The summed E-state index contributed by atoms with van der Waals surface area (Å²) in [6.07, 6.45) is 0. The SMILES string of the molecule is O=c1ccc2cc(NS(=O)(=O)c3ccc4ccccc4c3F)ccc2o1. The van der Waals surface area contributed by atoms with Crippen LogP contribution in [0.15, 0.2) is 80.8 Å². The van der Waals surface area contributed by atoms with E-state index in [-0.39, 0.29) is 11.1 Å². The van der Waals surface area contributed by atoms with Crippen LogP contribution in [0.4, 0.5) is 10.1 Å². The highest BCUT2D eigenvalue weighted by Gasteiger charge is 2.21. The first kappa shape index (κ1) is 16.3. The summed E-state index contributed by atoms with van der Waals surface area (Å²) in [6, 6.07) is 16.6. The molecule has 0 aliphatic rings.